The average molecular weight is 301 g/mol. The van der Waals surface area contributed by atoms with E-state index in [0.29, 0.717) is 11.3 Å². The van der Waals surface area contributed by atoms with Crippen molar-refractivity contribution in [3.63, 3.8) is 0 Å². The summed E-state index contributed by atoms with van der Waals surface area (Å²) in [7, 11) is 1.51. The van der Waals surface area contributed by atoms with Gasteiger partial charge in [0.05, 0.1) is 7.11 Å². The molecule has 0 radical (unpaired) electrons. The first-order valence-corrected chi connectivity index (χ1v) is 6.94. The molecule has 2 heterocycles. The Morgan fingerprint density at radius 3 is 2.81 bits per heavy atom. The summed E-state index contributed by atoms with van der Waals surface area (Å²) in [6.07, 6.45) is 0.809. The van der Waals surface area contributed by atoms with Crippen molar-refractivity contribution >= 4 is 17.6 Å². The Bertz CT molecular complexity index is 712. The van der Waals surface area contributed by atoms with E-state index in [2.05, 4.69) is 25.7 Å². The molecule has 0 saturated heterocycles. The Morgan fingerprint density at radius 1 is 1.33 bits per heavy atom. The third-order valence-corrected chi connectivity index (χ3v) is 3.75. The predicted octanol–water partition coefficient (Wildman–Crippen LogP) is 3.66. The molecule has 0 amide bonds. The maximum absolute atomic E-state index is 10.2. The van der Waals surface area contributed by atoms with E-state index >= 15 is 0 Å². The highest BCUT2D eigenvalue weighted by atomic mass is 32.1. The molecular weight excluding hydrogens is 290 g/mol. The fourth-order valence-electron chi connectivity index (χ4n) is 1.84. The molecule has 0 spiro atoms. The Kier molecular flexibility index (Phi) is 3.69. The molecule has 1 aromatic heterocycles. The third kappa shape index (κ3) is 2.79. The Hall–Kier alpha value is -2.61. The van der Waals surface area contributed by atoms with Gasteiger partial charge in [-0.15, -0.1) is 21.6 Å². The average Bonchev–Trinajstić information content (AvgIpc) is 3.19. The van der Waals surface area contributed by atoms with Crippen LogP contribution in [0.25, 0.3) is 10.4 Å². The monoisotopic (exact) mass is 301 g/mol. The number of thiophene rings is 1. The zero-order chi connectivity index (χ0) is 14.7. The zero-order valence-corrected chi connectivity index (χ0v) is 11.9. The number of aromatic hydroxyl groups is 1. The van der Waals surface area contributed by atoms with Gasteiger partial charge in [0.25, 0.3) is 6.29 Å². The second-order valence-electron chi connectivity index (χ2n) is 4.13. The van der Waals surface area contributed by atoms with Crippen LogP contribution in [0.2, 0.25) is 0 Å². The maximum Gasteiger partial charge on any atom is 0.275 e. The van der Waals surface area contributed by atoms with Crippen LogP contribution in [0.3, 0.4) is 0 Å². The molecule has 0 bridgehead atoms. The number of nitrogens with zero attached hydrogens (tertiary/aromatic N) is 5. The van der Waals surface area contributed by atoms with Crippen molar-refractivity contribution in [3.8, 4) is 21.9 Å². The number of hydrogen-bond acceptors (Lipinski definition) is 8. The summed E-state index contributed by atoms with van der Waals surface area (Å²) in [5, 5.41) is 26.3. The fraction of sp³-hybridized carbons (Fsp3) is 0.154. The molecule has 21 heavy (non-hydrogen) atoms. The normalized spacial score (nSPS) is 14.3. The molecule has 0 aliphatic carbocycles. The van der Waals surface area contributed by atoms with Crippen LogP contribution >= 0.6 is 11.3 Å². The number of benzene rings is 1. The number of aliphatic imine (C=N–C) groups is 1. The fourth-order valence-corrected chi connectivity index (χ4v) is 2.55. The van der Waals surface area contributed by atoms with Gasteiger partial charge in [0.1, 0.15) is 0 Å². The van der Waals surface area contributed by atoms with Gasteiger partial charge < -0.3 is 9.84 Å². The van der Waals surface area contributed by atoms with E-state index < -0.39 is 6.29 Å². The van der Waals surface area contributed by atoms with Gasteiger partial charge in [0.15, 0.2) is 11.5 Å². The predicted molar refractivity (Wildman–Crippen MR) is 79.1 cm³/mol. The van der Waals surface area contributed by atoms with Crippen LogP contribution in [0, 0.1) is 0 Å². The maximum atomic E-state index is 10.2. The van der Waals surface area contributed by atoms with Crippen LogP contribution in [0.15, 0.2) is 55.3 Å². The van der Waals surface area contributed by atoms with Gasteiger partial charge in [-0.1, -0.05) is 6.07 Å². The minimum Gasteiger partial charge on any atom is -0.504 e. The van der Waals surface area contributed by atoms with Crippen LogP contribution in [0.1, 0.15) is 5.56 Å². The smallest absolute Gasteiger partial charge is 0.275 e. The first-order valence-electron chi connectivity index (χ1n) is 6.06. The quantitative estimate of drug-likeness (QED) is 0.873. The van der Waals surface area contributed by atoms with Crippen molar-refractivity contribution < 1.29 is 9.84 Å². The van der Waals surface area contributed by atoms with E-state index in [-0.39, 0.29) is 5.75 Å². The SMILES string of the molecule is COc1cc(-c2cccs2)cc(C=NC2N=NN=N2)c1O. The number of ether oxygens (including phenoxy) is 1. The van der Waals surface area contributed by atoms with Crippen molar-refractivity contribution in [3.05, 3.63) is 35.2 Å². The molecule has 1 aromatic carbocycles. The van der Waals surface area contributed by atoms with Crippen molar-refractivity contribution in [2.45, 2.75) is 6.29 Å². The highest BCUT2D eigenvalue weighted by molar-refractivity contribution is 7.13. The summed E-state index contributed by atoms with van der Waals surface area (Å²) < 4.78 is 5.21. The van der Waals surface area contributed by atoms with Gasteiger partial charge >= 0.3 is 0 Å². The lowest BCUT2D eigenvalue weighted by Crippen LogP contribution is -1.95. The Morgan fingerprint density at radius 2 is 2.14 bits per heavy atom. The van der Waals surface area contributed by atoms with Crippen LogP contribution in [0.4, 0.5) is 0 Å². The molecule has 0 unspecified atom stereocenters. The van der Waals surface area contributed by atoms with Gasteiger partial charge in [0.2, 0.25) is 0 Å². The summed E-state index contributed by atoms with van der Waals surface area (Å²) in [6, 6.07) is 7.58. The number of rotatable bonds is 4. The summed E-state index contributed by atoms with van der Waals surface area (Å²) >= 11 is 1.60. The van der Waals surface area contributed by atoms with Gasteiger partial charge in [-0.05, 0) is 39.6 Å². The summed E-state index contributed by atoms with van der Waals surface area (Å²) in [6.45, 7) is 0. The van der Waals surface area contributed by atoms with Gasteiger partial charge in [0, 0.05) is 16.7 Å². The standard InChI is InChI=1S/C13H11N5O2S/c1-20-10-6-8(11-3-2-4-21-11)5-9(12(10)19)7-14-13-15-17-18-16-13/h2-7,13,19H,1H3. The van der Waals surface area contributed by atoms with Crippen LogP contribution in [-0.4, -0.2) is 24.7 Å². The minimum absolute atomic E-state index is 0.0217. The van der Waals surface area contributed by atoms with E-state index in [9.17, 15) is 5.11 Å². The number of methoxy groups -OCH3 is 1. The summed E-state index contributed by atoms with van der Waals surface area (Å²) in [5.74, 6) is 0.408. The van der Waals surface area contributed by atoms with Crippen LogP contribution in [-0.2, 0) is 0 Å². The zero-order valence-electron chi connectivity index (χ0n) is 11.0. The van der Waals surface area contributed by atoms with Gasteiger partial charge in [-0.3, -0.25) is 0 Å². The molecule has 1 aliphatic heterocycles. The van der Waals surface area contributed by atoms with Crippen molar-refractivity contribution in [2.24, 2.45) is 25.7 Å². The van der Waals surface area contributed by atoms with E-state index in [1.807, 2.05) is 23.6 Å². The van der Waals surface area contributed by atoms with Crippen molar-refractivity contribution in [1.29, 1.82) is 0 Å². The van der Waals surface area contributed by atoms with Gasteiger partial charge in [-0.25, -0.2) is 4.99 Å². The number of hydrogen-bond donors (Lipinski definition) is 1. The third-order valence-electron chi connectivity index (χ3n) is 2.83. The lowest BCUT2D eigenvalue weighted by atomic mass is 10.1. The summed E-state index contributed by atoms with van der Waals surface area (Å²) in [5.41, 5.74) is 1.46. The van der Waals surface area contributed by atoms with E-state index in [1.54, 1.807) is 17.4 Å². The van der Waals surface area contributed by atoms with Gasteiger partial charge in [-0.2, -0.15) is 0 Å². The van der Waals surface area contributed by atoms with Crippen molar-refractivity contribution in [1.82, 2.24) is 0 Å². The molecule has 8 heteroatoms. The minimum atomic E-state index is -0.680. The molecule has 3 rings (SSSR count). The molecular formula is C13H11N5O2S. The molecule has 0 fully saturated rings. The topological polar surface area (TPSA) is 91.3 Å². The van der Waals surface area contributed by atoms with E-state index in [1.165, 1.54) is 13.3 Å². The highest BCUT2D eigenvalue weighted by Gasteiger charge is 2.12. The first kappa shape index (κ1) is 13.4. The molecule has 0 atom stereocenters. The van der Waals surface area contributed by atoms with Crippen molar-refractivity contribution in [2.75, 3.05) is 7.11 Å². The molecule has 1 N–H and O–H groups in total. The molecule has 106 valence electrons. The molecule has 0 saturated carbocycles. The largest absolute Gasteiger partial charge is 0.504 e. The summed E-state index contributed by atoms with van der Waals surface area (Å²) in [4.78, 5) is 5.17. The van der Waals surface area contributed by atoms with E-state index in [0.717, 1.165) is 10.4 Å². The number of phenols is 1. The molecule has 2 aromatic rings. The van der Waals surface area contributed by atoms with E-state index in [4.69, 9.17) is 4.74 Å². The molecule has 7 nitrogen and oxygen atoms in total. The first-order chi connectivity index (χ1) is 10.3. The van der Waals surface area contributed by atoms with Crippen LogP contribution in [0.5, 0.6) is 11.5 Å². The second kappa shape index (κ2) is 5.80. The van der Waals surface area contributed by atoms with Crippen LogP contribution < -0.4 is 4.74 Å². The lowest BCUT2D eigenvalue weighted by Gasteiger charge is -2.09. The number of phenolic OH excluding ortho intramolecular Hbond substituents is 1. The molecule has 1 aliphatic rings. The lowest BCUT2D eigenvalue weighted by molar-refractivity contribution is 0.373. The second-order valence-corrected chi connectivity index (χ2v) is 5.08. The highest BCUT2D eigenvalue weighted by Crippen LogP contribution is 2.36. The Labute approximate surface area is 124 Å². The Balaban J connectivity index is 2.00.